The highest BCUT2D eigenvalue weighted by Crippen LogP contribution is 2.37. The molecular weight excluding hydrogens is 917 g/mol. The quantitative estimate of drug-likeness (QED) is 0.0506. The van der Waals surface area contributed by atoms with Crippen LogP contribution in [0.5, 0.6) is 5.75 Å². The molecule has 5 N–H and O–H groups in total. The van der Waals surface area contributed by atoms with Gasteiger partial charge in [0.15, 0.2) is 0 Å². The molecule has 4 amide bonds. The Hall–Kier alpha value is -5.70. The van der Waals surface area contributed by atoms with Crippen molar-refractivity contribution < 1.29 is 42.9 Å². The van der Waals surface area contributed by atoms with Crippen LogP contribution in [0.1, 0.15) is 50.5 Å². The number of aromatic nitrogens is 2. The largest absolute Gasteiger partial charge is 0.494 e. The standard InChI is InChI=1S/C48H59ClFN9O8S/c1-29-43(68-28-54-29)31-11-9-30(10-12-31)24-51-46(63)39-21-33(60)25-59(39)47(64)44(48(2,3)4)57-42(62)26-67-19-18-66-17-16-58(5)15-7-8-41(61)56-38-22-34-37(23-40(38)65-6)52-27-53-45(34)55-32-13-14-36(50)35(49)20-32/h7-14,20,22-23,27-29,33,39,43-44,60H,15-19,21,24-26H2,1-6H3,(H,51,63)(H,56,61)(H,57,62)(H,52,53,55)/b8-7+/t29?,33-,39+,43?,44-/m1/s1. The Labute approximate surface area is 404 Å². The highest BCUT2D eigenvalue weighted by molar-refractivity contribution is 8.12. The topological polar surface area (TPSA) is 209 Å². The van der Waals surface area contributed by atoms with Gasteiger partial charge in [-0.2, -0.15) is 0 Å². The van der Waals surface area contributed by atoms with E-state index in [1.165, 1.54) is 42.6 Å². The Morgan fingerprint density at radius 1 is 1.06 bits per heavy atom. The molecule has 364 valence electrons. The summed E-state index contributed by atoms with van der Waals surface area (Å²) in [6.07, 6.45) is 3.70. The van der Waals surface area contributed by atoms with E-state index in [4.69, 9.17) is 25.8 Å². The monoisotopic (exact) mass is 975 g/mol. The van der Waals surface area contributed by atoms with Crippen molar-refractivity contribution >= 4 is 80.6 Å². The number of β-amino-alcohol motifs (C(OH)–C–C–N with tert-alkyl or cyclic N) is 1. The van der Waals surface area contributed by atoms with Crippen LogP contribution >= 0.6 is 23.4 Å². The van der Waals surface area contributed by atoms with E-state index in [-0.39, 0.29) is 67.5 Å². The van der Waals surface area contributed by atoms with E-state index in [0.29, 0.717) is 53.5 Å². The molecule has 20 heteroatoms. The predicted molar refractivity (Wildman–Crippen MR) is 262 cm³/mol. The summed E-state index contributed by atoms with van der Waals surface area (Å²) < 4.78 is 30.5. The van der Waals surface area contributed by atoms with Crippen molar-refractivity contribution in [3.05, 3.63) is 95.0 Å². The van der Waals surface area contributed by atoms with E-state index in [2.05, 4.69) is 43.2 Å². The number of aliphatic imine (C=N–C) groups is 1. The van der Waals surface area contributed by atoms with E-state index in [9.17, 15) is 28.7 Å². The minimum atomic E-state index is -0.984. The van der Waals surface area contributed by atoms with Crippen LogP contribution in [0.3, 0.4) is 0 Å². The molecule has 3 aromatic carbocycles. The molecule has 1 aromatic heterocycles. The highest BCUT2D eigenvalue weighted by atomic mass is 35.5. The molecule has 0 radical (unpaired) electrons. The van der Waals surface area contributed by atoms with Crippen LogP contribution in [-0.2, 0) is 35.2 Å². The van der Waals surface area contributed by atoms with E-state index in [0.717, 1.165) is 11.1 Å². The molecule has 1 fully saturated rings. The van der Waals surface area contributed by atoms with E-state index < -0.39 is 41.2 Å². The number of nitrogens with one attached hydrogen (secondary N) is 4. The third kappa shape index (κ3) is 14.2. The fraction of sp³-hybridized carbons (Fsp3) is 0.438. The van der Waals surface area contributed by atoms with Gasteiger partial charge in [-0.3, -0.25) is 24.2 Å². The first kappa shape index (κ1) is 51.7. The van der Waals surface area contributed by atoms with Crippen LogP contribution in [0, 0.1) is 11.2 Å². The minimum absolute atomic E-state index is 0.0287. The van der Waals surface area contributed by atoms with Crippen molar-refractivity contribution in [2.45, 2.75) is 70.1 Å². The Morgan fingerprint density at radius 3 is 2.53 bits per heavy atom. The number of amides is 4. The number of likely N-dealkylation sites (tertiary alicyclic amines) is 1. The first-order valence-electron chi connectivity index (χ1n) is 22.2. The third-order valence-electron chi connectivity index (χ3n) is 11.3. The third-order valence-corrected chi connectivity index (χ3v) is 12.8. The lowest BCUT2D eigenvalue weighted by atomic mass is 9.85. The summed E-state index contributed by atoms with van der Waals surface area (Å²) in [6, 6.07) is 13.9. The first-order chi connectivity index (χ1) is 32.5. The number of hydrogen-bond acceptors (Lipinski definition) is 14. The molecule has 68 heavy (non-hydrogen) atoms. The van der Waals surface area contributed by atoms with Gasteiger partial charge in [-0.05, 0) is 54.8 Å². The molecule has 6 rings (SSSR count). The van der Waals surface area contributed by atoms with Gasteiger partial charge >= 0.3 is 0 Å². The van der Waals surface area contributed by atoms with E-state index >= 15 is 0 Å². The van der Waals surface area contributed by atoms with Crippen molar-refractivity contribution in [1.82, 2.24) is 30.4 Å². The summed E-state index contributed by atoms with van der Waals surface area (Å²) in [5.74, 6) is -1.46. The summed E-state index contributed by atoms with van der Waals surface area (Å²) >= 11 is 7.64. The number of halogens is 2. The number of aliphatic hydroxyl groups excluding tert-OH is 1. The van der Waals surface area contributed by atoms with Gasteiger partial charge in [0.25, 0.3) is 0 Å². The maximum atomic E-state index is 14.0. The van der Waals surface area contributed by atoms with Gasteiger partial charge < -0.3 is 50.4 Å². The maximum Gasteiger partial charge on any atom is 0.248 e. The number of rotatable bonds is 21. The molecule has 0 bridgehead atoms. The highest BCUT2D eigenvalue weighted by Gasteiger charge is 2.44. The second kappa shape index (κ2) is 24.0. The SMILES string of the molecule is COc1cc2ncnc(Nc3ccc(F)c(Cl)c3)c2cc1NC(=O)/C=C/CN(C)CCOCCOCC(=O)N[C@H](C(=O)N1C[C@H](O)C[C@H]1C(=O)NCc1ccc(C2SC=NC2C)cc1)C(C)(C)C. The van der Waals surface area contributed by atoms with Crippen LogP contribution < -0.4 is 26.0 Å². The van der Waals surface area contributed by atoms with Gasteiger partial charge in [0, 0.05) is 55.8 Å². The summed E-state index contributed by atoms with van der Waals surface area (Å²) in [4.78, 5) is 69.7. The molecule has 4 aromatic rings. The Balaban J connectivity index is 0.888. The zero-order valence-corrected chi connectivity index (χ0v) is 40.5. The van der Waals surface area contributed by atoms with E-state index in [1.54, 1.807) is 30.0 Å². The van der Waals surface area contributed by atoms with Gasteiger partial charge in [-0.1, -0.05) is 62.7 Å². The zero-order chi connectivity index (χ0) is 49.0. The minimum Gasteiger partial charge on any atom is -0.494 e. The van der Waals surface area contributed by atoms with E-state index in [1.807, 2.05) is 62.5 Å². The zero-order valence-electron chi connectivity index (χ0n) is 39.0. The van der Waals surface area contributed by atoms with Crippen molar-refractivity contribution in [2.75, 3.05) is 70.9 Å². The summed E-state index contributed by atoms with van der Waals surface area (Å²) in [7, 11) is 3.36. The average Bonchev–Trinajstić information content (AvgIpc) is 3.92. The number of hydrogen-bond donors (Lipinski definition) is 5. The molecule has 2 aliphatic rings. The van der Waals surface area contributed by atoms with Crippen molar-refractivity contribution in [1.29, 1.82) is 0 Å². The molecule has 0 spiro atoms. The van der Waals surface area contributed by atoms with Crippen LogP contribution in [0.2, 0.25) is 5.02 Å². The number of nitrogens with zero attached hydrogens (tertiary/aromatic N) is 5. The maximum absolute atomic E-state index is 14.0. The number of methoxy groups -OCH3 is 1. The molecule has 2 unspecified atom stereocenters. The summed E-state index contributed by atoms with van der Waals surface area (Å²) in [5, 5.41) is 23.0. The normalized spacial score (nSPS) is 18.6. The molecule has 2 aliphatic heterocycles. The van der Waals surface area contributed by atoms with Crippen LogP contribution in [0.15, 0.2) is 78.1 Å². The summed E-state index contributed by atoms with van der Waals surface area (Å²) in [6.45, 7) is 9.15. The van der Waals surface area contributed by atoms with Crippen LogP contribution in [-0.4, -0.2) is 138 Å². The summed E-state index contributed by atoms with van der Waals surface area (Å²) in [5.41, 5.74) is 4.69. The second-order valence-electron chi connectivity index (χ2n) is 17.6. The van der Waals surface area contributed by atoms with Gasteiger partial charge in [0.2, 0.25) is 23.6 Å². The fourth-order valence-corrected chi connectivity index (χ4v) is 8.76. The van der Waals surface area contributed by atoms with Crippen molar-refractivity contribution in [3.8, 4) is 5.75 Å². The van der Waals surface area contributed by atoms with Crippen LogP contribution in [0.25, 0.3) is 10.9 Å². The molecule has 0 saturated carbocycles. The fourth-order valence-electron chi connectivity index (χ4n) is 7.57. The Kier molecular flexibility index (Phi) is 18.3. The predicted octanol–water partition coefficient (Wildman–Crippen LogP) is 5.65. The molecule has 3 heterocycles. The lowest BCUT2D eigenvalue weighted by Gasteiger charge is -2.35. The van der Waals surface area contributed by atoms with Gasteiger partial charge in [0.1, 0.15) is 42.4 Å². The number of carbonyl (C=O) groups is 4. The number of aliphatic hydroxyl groups is 1. The number of thioether (sulfide) groups is 1. The van der Waals surface area contributed by atoms with Crippen LogP contribution in [0.4, 0.5) is 21.6 Å². The molecule has 5 atom stereocenters. The number of anilines is 3. The van der Waals surface area contributed by atoms with Crippen molar-refractivity contribution in [2.24, 2.45) is 10.4 Å². The molecular formula is C48H59ClFN9O8S. The van der Waals surface area contributed by atoms with Gasteiger partial charge in [-0.15, -0.1) is 11.8 Å². The molecule has 17 nitrogen and oxygen atoms in total. The Morgan fingerprint density at radius 2 is 1.82 bits per heavy atom. The smallest absolute Gasteiger partial charge is 0.248 e. The van der Waals surface area contributed by atoms with Gasteiger partial charge in [0.05, 0.1) is 66.1 Å². The number of carbonyl (C=O) groups excluding carboxylic acids is 4. The number of likely N-dealkylation sites (N-methyl/N-ethyl adjacent to an activating group) is 1. The average molecular weight is 977 g/mol. The van der Waals surface area contributed by atoms with Gasteiger partial charge in [-0.25, -0.2) is 14.4 Å². The lowest BCUT2D eigenvalue weighted by Crippen LogP contribution is -2.58. The number of benzene rings is 3. The molecule has 0 aliphatic carbocycles. The Bertz CT molecular complexity index is 2480. The van der Waals surface area contributed by atoms with Crippen molar-refractivity contribution in [3.63, 3.8) is 0 Å². The molecule has 1 saturated heterocycles. The second-order valence-corrected chi connectivity index (χ2v) is 19.0. The first-order valence-corrected chi connectivity index (χ1v) is 23.5. The number of fused-ring (bicyclic) bond motifs is 1. The number of ether oxygens (including phenoxy) is 3. The lowest BCUT2D eigenvalue weighted by molar-refractivity contribution is -0.144.